The molecule has 0 spiro atoms. The number of thiophene rings is 1. The summed E-state index contributed by atoms with van der Waals surface area (Å²) in [6.07, 6.45) is -2.52. The van der Waals surface area contributed by atoms with Crippen molar-refractivity contribution in [2.45, 2.75) is 45.0 Å². The molecule has 1 aromatic rings. The molecule has 1 saturated heterocycles. The predicted octanol–water partition coefficient (Wildman–Crippen LogP) is 3.85. The minimum atomic E-state index is -4.26. The van der Waals surface area contributed by atoms with Crippen LogP contribution in [0.2, 0.25) is 0 Å². The number of alkyl halides is 3. The Hall–Kier alpha value is -0.590. The fraction of sp³-hybridized carbons (Fsp3) is 0.714. The molecule has 0 aliphatic carbocycles. The molecule has 114 valence electrons. The molecule has 1 aliphatic heterocycles. The quantitative estimate of drug-likeness (QED) is 0.819. The van der Waals surface area contributed by atoms with Crippen LogP contribution in [0.25, 0.3) is 0 Å². The van der Waals surface area contributed by atoms with Crippen molar-refractivity contribution in [2.24, 2.45) is 0 Å². The zero-order valence-electron chi connectivity index (χ0n) is 11.6. The van der Waals surface area contributed by atoms with Crippen LogP contribution in [0.5, 0.6) is 0 Å². The number of hydrogen-bond donors (Lipinski definition) is 0. The summed E-state index contributed by atoms with van der Waals surface area (Å²) in [4.78, 5) is 4.29. The van der Waals surface area contributed by atoms with E-state index in [2.05, 4.69) is 13.0 Å². The van der Waals surface area contributed by atoms with Crippen molar-refractivity contribution < 1.29 is 17.9 Å². The van der Waals surface area contributed by atoms with Crippen molar-refractivity contribution in [2.75, 3.05) is 19.7 Å². The lowest BCUT2D eigenvalue weighted by molar-refractivity contribution is -0.237. The highest BCUT2D eigenvalue weighted by molar-refractivity contribution is 7.11. The molecule has 0 radical (unpaired) electrons. The second kappa shape index (κ2) is 6.91. The molecule has 20 heavy (non-hydrogen) atoms. The van der Waals surface area contributed by atoms with Gasteiger partial charge in [-0.05, 0) is 25.0 Å². The maximum atomic E-state index is 12.6. The SMILES string of the molecule is CCCCc1ccc(CN2CCO[C@H](C(F)(F)F)C2)s1. The Kier molecular flexibility index (Phi) is 5.46. The Labute approximate surface area is 121 Å². The molecular formula is C14H20F3NOS. The normalized spacial score (nSPS) is 21.3. The summed E-state index contributed by atoms with van der Waals surface area (Å²) in [6.45, 7) is 3.39. The molecule has 1 aromatic heterocycles. The van der Waals surface area contributed by atoms with E-state index in [0.717, 1.165) is 24.1 Å². The summed E-state index contributed by atoms with van der Waals surface area (Å²) >= 11 is 1.71. The number of hydrogen-bond acceptors (Lipinski definition) is 3. The molecule has 2 heterocycles. The Morgan fingerprint density at radius 1 is 1.35 bits per heavy atom. The smallest absolute Gasteiger partial charge is 0.366 e. The maximum absolute atomic E-state index is 12.6. The number of aryl methyl sites for hydroxylation is 1. The van der Waals surface area contributed by atoms with Gasteiger partial charge < -0.3 is 4.74 Å². The number of morpholine rings is 1. The molecule has 0 saturated carbocycles. The van der Waals surface area contributed by atoms with Crippen LogP contribution in [-0.2, 0) is 17.7 Å². The van der Waals surface area contributed by atoms with Gasteiger partial charge in [0.05, 0.1) is 6.61 Å². The van der Waals surface area contributed by atoms with Crippen LogP contribution in [0, 0.1) is 0 Å². The van der Waals surface area contributed by atoms with Crippen molar-refractivity contribution in [1.82, 2.24) is 4.90 Å². The van der Waals surface area contributed by atoms with Gasteiger partial charge in [0.1, 0.15) is 0 Å². The first kappa shape index (κ1) is 15.8. The summed E-state index contributed by atoms with van der Waals surface area (Å²) in [5.74, 6) is 0. The largest absolute Gasteiger partial charge is 0.415 e. The van der Waals surface area contributed by atoms with E-state index in [1.54, 1.807) is 11.3 Å². The van der Waals surface area contributed by atoms with E-state index >= 15 is 0 Å². The Balaban J connectivity index is 1.87. The van der Waals surface area contributed by atoms with Crippen LogP contribution >= 0.6 is 11.3 Å². The molecule has 6 heteroatoms. The second-order valence-corrected chi connectivity index (χ2v) is 6.36. The predicted molar refractivity (Wildman–Crippen MR) is 74.0 cm³/mol. The fourth-order valence-corrected chi connectivity index (χ4v) is 3.36. The molecule has 1 atom stereocenters. The van der Waals surface area contributed by atoms with Crippen molar-refractivity contribution in [1.29, 1.82) is 0 Å². The van der Waals surface area contributed by atoms with E-state index in [4.69, 9.17) is 4.74 Å². The first-order valence-corrected chi connectivity index (χ1v) is 7.79. The second-order valence-electron chi connectivity index (χ2n) is 5.11. The van der Waals surface area contributed by atoms with Crippen molar-refractivity contribution >= 4 is 11.3 Å². The standard InChI is InChI=1S/C14H20F3NOS/c1-2-3-4-11-5-6-12(20-11)9-18-7-8-19-13(10-18)14(15,16)17/h5-6,13H,2-4,7-10H2,1H3/t13-/m0/s1. The van der Waals surface area contributed by atoms with Crippen molar-refractivity contribution in [3.63, 3.8) is 0 Å². The van der Waals surface area contributed by atoms with Crippen molar-refractivity contribution in [3.8, 4) is 0 Å². The summed E-state index contributed by atoms with van der Waals surface area (Å²) in [7, 11) is 0. The lowest BCUT2D eigenvalue weighted by atomic mass is 10.2. The minimum absolute atomic E-state index is 0.0638. The Morgan fingerprint density at radius 3 is 2.80 bits per heavy atom. The molecule has 2 rings (SSSR count). The summed E-state index contributed by atoms with van der Waals surface area (Å²) in [5, 5.41) is 0. The molecule has 0 bridgehead atoms. The molecule has 0 unspecified atom stereocenters. The molecule has 1 fully saturated rings. The monoisotopic (exact) mass is 307 g/mol. The third kappa shape index (κ3) is 4.46. The van der Waals surface area contributed by atoms with Gasteiger partial charge in [0, 0.05) is 29.4 Å². The van der Waals surface area contributed by atoms with Crippen LogP contribution in [0.15, 0.2) is 12.1 Å². The van der Waals surface area contributed by atoms with Gasteiger partial charge >= 0.3 is 6.18 Å². The lowest BCUT2D eigenvalue weighted by Crippen LogP contribution is -2.48. The summed E-state index contributed by atoms with van der Waals surface area (Å²) < 4.78 is 42.7. The van der Waals surface area contributed by atoms with Crippen LogP contribution < -0.4 is 0 Å². The molecular weight excluding hydrogens is 287 g/mol. The van der Waals surface area contributed by atoms with Gasteiger partial charge in [-0.15, -0.1) is 11.3 Å². The van der Waals surface area contributed by atoms with Crippen molar-refractivity contribution in [3.05, 3.63) is 21.9 Å². The van der Waals surface area contributed by atoms with E-state index in [1.807, 2.05) is 11.0 Å². The van der Waals surface area contributed by atoms with Crippen LogP contribution in [0.1, 0.15) is 29.5 Å². The summed E-state index contributed by atoms with van der Waals surface area (Å²) in [6, 6.07) is 4.13. The zero-order valence-corrected chi connectivity index (χ0v) is 12.4. The molecule has 0 aromatic carbocycles. The highest BCUT2D eigenvalue weighted by Crippen LogP contribution is 2.27. The van der Waals surface area contributed by atoms with Gasteiger partial charge in [-0.25, -0.2) is 0 Å². The third-order valence-corrected chi connectivity index (χ3v) is 4.52. The average Bonchev–Trinajstić information content (AvgIpc) is 2.83. The first-order valence-electron chi connectivity index (χ1n) is 6.97. The highest BCUT2D eigenvalue weighted by Gasteiger charge is 2.43. The maximum Gasteiger partial charge on any atom is 0.415 e. The van der Waals surface area contributed by atoms with Crippen LogP contribution in [-0.4, -0.2) is 36.9 Å². The van der Waals surface area contributed by atoms with E-state index in [-0.39, 0.29) is 13.2 Å². The van der Waals surface area contributed by atoms with Gasteiger partial charge in [0.15, 0.2) is 6.10 Å². The topological polar surface area (TPSA) is 12.5 Å². The highest BCUT2D eigenvalue weighted by atomic mass is 32.1. The fourth-order valence-electron chi connectivity index (χ4n) is 2.26. The summed E-state index contributed by atoms with van der Waals surface area (Å²) in [5.41, 5.74) is 0. The Morgan fingerprint density at radius 2 is 2.10 bits per heavy atom. The zero-order chi connectivity index (χ0) is 14.6. The lowest BCUT2D eigenvalue weighted by Gasteiger charge is -2.33. The van der Waals surface area contributed by atoms with Crippen LogP contribution in [0.3, 0.4) is 0 Å². The van der Waals surface area contributed by atoms with E-state index in [9.17, 15) is 13.2 Å². The average molecular weight is 307 g/mol. The van der Waals surface area contributed by atoms with Gasteiger partial charge in [0.2, 0.25) is 0 Å². The van der Waals surface area contributed by atoms with E-state index < -0.39 is 12.3 Å². The number of unbranched alkanes of at least 4 members (excludes halogenated alkanes) is 1. The van der Waals surface area contributed by atoms with Gasteiger partial charge in [-0.2, -0.15) is 13.2 Å². The molecule has 0 amide bonds. The number of rotatable bonds is 5. The first-order chi connectivity index (χ1) is 9.49. The van der Waals surface area contributed by atoms with E-state index in [0.29, 0.717) is 13.1 Å². The van der Waals surface area contributed by atoms with E-state index in [1.165, 1.54) is 4.88 Å². The molecule has 0 N–H and O–H groups in total. The number of ether oxygens (including phenoxy) is 1. The number of nitrogens with zero attached hydrogens (tertiary/aromatic N) is 1. The minimum Gasteiger partial charge on any atom is -0.366 e. The molecule has 1 aliphatic rings. The third-order valence-electron chi connectivity index (χ3n) is 3.39. The van der Waals surface area contributed by atoms with Gasteiger partial charge in [-0.1, -0.05) is 13.3 Å². The van der Waals surface area contributed by atoms with Crippen LogP contribution in [0.4, 0.5) is 13.2 Å². The Bertz CT molecular complexity index is 419. The number of halogens is 3. The molecule has 2 nitrogen and oxygen atoms in total. The van der Waals surface area contributed by atoms with Gasteiger partial charge in [-0.3, -0.25) is 4.90 Å². The van der Waals surface area contributed by atoms with Gasteiger partial charge in [0.25, 0.3) is 0 Å².